The van der Waals surface area contributed by atoms with Crippen molar-refractivity contribution in [1.82, 2.24) is 5.32 Å². The van der Waals surface area contributed by atoms with E-state index < -0.39 is 6.04 Å². The number of nitrogens with one attached hydrogen (secondary N) is 1. The van der Waals surface area contributed by atoms with Crippen LogP contribution in [0.25, 0.3) is 0 Å². The Balaban J connectivity index is 2.67. The van der Waals surface area contributed by atoms with E-state index in [9.17, 15) is 4.79 Å². The predicted molar refractivity (Wildman–Crippen MR) is 75.0 cm³/mol. The number of rotatable bonds is 6. The van der Waals surface area contributed by atoms with Gasteiger partial charge in [-0.2, -0.15) is 0 Å². The van der Waals surface area contributed by atoms with E-state index >= 15 is 0 Å². The molecular weight excluding hydrogens is 224 g/mol. The van der Waals surface area contributed by atoms with Crippen LogP contribution in [0, 0.1) is 5.92 Å². The minimum Gasteiger partial charge on any atom is -0.348 e. The van der Waals surface area contributed by atoms with Crippen LogP contribution in [0.5, 0.6) is 0 Å². The lowest BCUT2D eigenvalue weighted by Crippen LogP contribution is -2.45. The van der Waals surface area contributed by atoms with Crippen LogP contribution < -0.4 is 11.1 Å². The topological polar surface area (TPSA) is 55.1 Å². The van der Waals surface area contributed by atoms with Crippen LogP contribution in [0.2, 0.25) is 0 Å². The van der Waals surface area contributed by atoms with Crippen molar-refractivity contribution in [2.75, 3.05) is 0 Å². The lowest BCUT2D eigenvalue weighted by Gasteiger charge is -2.23. The largest absolute Gasteiger partial charge is 0.348 e. The maximum absolute atomic E-state index is 12.0. The quantitative estimate of drug-likeness (QED) is 0.813. The summed E-state index contributed by atoms with van der Waals surface area (Å²) in [6.45, 7) is 6.12. The third-order valence-electron chi connectivity index (χ3n) is 3.49. The summed E-state index contributed by atoms with van der Waals surface area (Å²) in [6.07, 6.45) is 1.78. The Hall–Kier alpha value is -1.35. The summed E-state index contributed by atoms with van der Waals surface area (Å²) in [5.74, 6) is 0.151. The molecule has 3 heteroatoms. The first-order chi connectivity index (χ1) is 8.60. The Kier molecular flexibility index (Phi) is 5.86. The van der Waals surface area contributed by atoms with Crippen molar-refractivity contribution in [1.29, 1.82) is 0 Å². The maximum atomic E-state index is 12.0. The zero-order valence-electron chi connectivity index (χ0n) is 11.5. The second-order valence-corrected chi connectivity index (χ2v) is 4.79. The molecule has 0 aromatic heterocycles. The number of hydrogen-bond acceptors (Lipinski definition) is 2. The highest BCUT2D eigenvalue weighted by Gasteiger charge is 2.22. The molecular formula is C15H24N2O. The number of hydrogen-bond donors (Lipinski definition) is 2. The molecule has 1 amide bonds. The van der Waals surface area contributed by atoms with Crippen LogP contribution in [0.15, 0.2) is 30.3 Å². The lowest BCUT2D eigenvalue weighted by molar-refractivity contribution is -0.124. The monoisotopic (exact) mass is 248 g/mol. The third kappa shape index (κ3) is 3.84. The molecule has 0 saturated carbocycles. The van der Waals surface area contributed by atoms with Gasteiger partial charge in [-0.3, -0.25) is 4.79 Å². The maximum Gasteiger partial charge on any atom is 0.237 e. The molecule has 0 heterocycles. The Bertz CT molecular complexity index is 364. The lowest BCUT2D eigenvalue weighted by atomic mass is 9.98. The van der Waals surface area contributed by atoms with Gasteiger partial charge in [0.05, 0.1) is 12.1 Å². The molecule has 0 saturated heterocycles. The molecule has 0 fully saturated rings. The van der Waals surface area contributed by atoms with Gasteiger partial charge in [0, 0.05) is 0 Å². The Morgan fingerprint density at radius 3 is 2.33 bits per heavy atom. The van der Waals surface area contributed by atoms with Crippen molar-refractivity contribution in [2.24, 2.45) is 11.7 Å². The van der Waals surface area contributed by atoms with E-state index in [1.165, 1.54) is 0 Å². The first-order valence-electron chi connectivity index (χ1n) is 6.71. The number of amides is 1. The minimum absolute atomic E-state index is 0.0498. The molecule has 0 aliphatic heterocycles. The SMILES string of the molecule is CC[C@@H](NC(=O)[C@@H](N)[C@@H](C)CC)c1ccccc1. The van der Waals surface area contributed by atoms with E-state index in [2.05, 4.69) is 12.2 Å². The van der Waals surface area contributed by atoms with Crippen LogP contribution in [-0.2, 0) is 4.79 Å². The van der Waals surface area contributed by atoms with Gasteiger partial charge in [0.25, 0.3) is 0 Å². The van der Waals surface area contributed by atoms with E-state index in [0.29, 0.717) is 0 Å². The summed E-state index contributed by atoms with van der Waals surface area (Å²) < 4.78 is 0. The molecule has 18 heavy (non-hydrogen) atoms. The molecule has 0 spiro atoms. The van der Waals surface area contributed by atoms with Crippen molar-refractivity contribution in [3.05, 3.63) is 35.9 Å². The van der Waals surface area contributed by atoms with Crippen molar-refractivity contribution in [3.63, 3.8) is 0 Å². The fourth-order valence-corrected chi connectivity index (χ4v) is 1.89. The van der Waals surface area contributed by atoms with Crippen molar-refractivity contribution < 1.29 is 4.79 Å². The highest BCUT2D eigenvalue weighted by molar-refractivity contribution is 5.82. The molecule has 100 valence electrons. The van der Waals surface area contributed by atoms with E-state index in [1.807, 2.05) is 44.2 Å². The van der Waals surface area contributed by atoms with Gasteiger partial charge in [-0.15, -0.1) is 0 Å². The molecule has 3 N–H and O–H groups in total. The smallest absolute Gasteiger partial charge is 0.237 e. The molecule has 1 aromatic rings. The van der Waals surface area contributed by atoms with Crippen LogP contribution >= 0.6 is 0 Å². The van der Waals surface area contributed by atoms with Gasteiger partial charge >= 0.3 is 0 Å². The van der Waals surface area contributed by atoms with E-state index in [-0.39, 0.29) is 17.9 Å². The second kappa shape index (κ2) is 7.17. The first-order valence-corrected chi connectivity index (χ1v) is 6.71. The summed E-state index contributed by atoms with van der Waals surface area (Å²) in [6, 6.07) is 9.63. The van der Waals surface area contributed by atoms with Crippen LogP contribution in [0.4, 0.5) is 0 Å². The zero-order chi connectivity index (χ0) is 13.5. The molecule has 3 atom stereocenters. The minimum atomic E-state index is -0.423. The van der Waals surface area contributed by atoms with E-state index in [0.717, 1.165) is 18.4 Å². The predicted octanol–water partition coefficient (Wildman–Crippen LogP) is 2.63. The van der Waals surface area contributed by atoms with Gasteiger partial charge in [-0.1, -0.05) is 57.5 Å². The molecule has 0 radical (unpaired) electrons. The first kappa shape index (κ1) is 14.7. The van der Waals surface area contributed by atoms with Crippen LogP contribution in [-0.4, -0.2) is 11.9 Å². The number of benzene rings is 1. The standard InChI is InChI=1S/C15H24N2O/c1-4-11(3)14(16)15(18)17-13(5-2)12-9-7-6-8-10-12/h6-11,13-14H,4-5,16H2,1-3H3,(H,17,18)/t11-,13+,14-/m0/s1. The third-order valence-corrected chi connectivity index (χ3v) is 3.49. The Morgan fingerprint density at radius 1 is 1.22 bits per heavy atom. The van der Waals surface area contributed by atoms with Gasteiger partial charge in [-0.05, 0) is 17.9 Å². The van der Waals surface area contributed by atoms with Crippen LogP contribution in [0.1, 0.15) is 45.2 Å². The van der Waals surface area contributed by atoms with Crippen molar-refractivity contribution in [2.45, 2.75) is 45.7 Å². The molecule has 3 nitrogen and oxygen atoms in total. The number of nitrogens with two attached hydrogens (primary N) is 1. The fourth-order valence-electron chi connectivity index (χ4n) is 1.89. The van der Waals surface area contributed by atoms with Gasteiger partial charge < -0.3 is 11.1 Å². The van der Waals surface area contributed by atoms with E-state index in [1.54, 1.807) is 0 Å². The molecule has 0 aliphatic carbocycles. The zero-order valence-corrected chi connectivity index (χ0v) is 11.5. The molecule has 0 unspecified atom stereocenters. The van der Waals surface area contributed by atoms with Crippen molar-refractivity contribution in [3.8, 4) is 0 Å². The number of carbonyl (C=O) groups is 1. The highest BCUT2D eigenvalue weighted by Crippen LogP contribution is 2.16. The normalized spacial score (nSPS) is 15.8. The summed E-state index contributed by atoms with van der Waals surface area (Å²) >= 11 is 0. The average molecular weight is 248 g/mol. The summed E-state index contributed by atoms with van der Waals surface area (Å²) in [5, 5.41) is 3.03. The summed E-state index contributed by atoms with van der Waals surface area (Å²) in [4.78, 5) is 12.0. The Labute approximate surface area is 110 Å². The van der Waals surface area contributed by atoms with E-state index in [4.69, 9.17) is 5.73 Å². The molecule has 1 aromatic carbocycles. The van der Waals surface area contributed by atoms with Gasteiger partial charge in [0.15, 0.2) is 0 Å². The Morgan fingerprint density at radius 2 is 1.83 bits per heavy atom. The molecule has 0 bridgehead atoms. The molecule has 0 aliphatic rings. The number of carbonyl (C=O) groups excluding carboxylic acids is 1. The van der Waals surface area contributed by atoms with Gasteiger partial charge in [-0.25, -0.2) is 0 Å². The highest BCUT2D eigenvalue weighted by atomic mass is 16.2. The molecule has 1 rings (SSSR count). The average Bonchev–Trinajstić information content (AvgIpc) is 2.43. The van der Waals surface area contributed by atoms with Gasteiger partial charge in [0.1, 0.15) is 0 Å². The summed E-state index contributed by atoms with van der Waals surface area (Å²) in [7, 11) is 0. The summed E-state index contributed by atoms with van der Waals surface area (Å²) in [5.41, 5.74) is 7.07. The van der Waals surface area contributed by atoms with Gasteiger partial charge in [0.2, 0.25) is 5.91 Å². The fraction of sp³-hybridized carbons (Fsp3) is 0.533. The van der Waals surface area contributed by atoms with Crippen LogP contribution in [0.3, 0.4) is 0 Å². The van der Waals surface area contributed by atoms with Crippen molar-refractivity contribution >= 4 is 5.91 Å². The second-order valence-electron chi connectivity index (χ2n) is 4.79.